The molecular formula is C17H15NO. The summed E-state index contributed by atoms with van der Waals surface area (Å²) in [5, 5.41) is 8.80. The van der Waals surface area contributed by atoms with E-state index in [0.29, 0.717) is 11.8 Å². The highest BCUT2D eigenvalue weighted by Crippen LogP contribution is 2.54. The lowest BCUT2D eigenvalue weighted by atomic mass is 10.0. The molecule has 0 N–H and O–H groups in total. The lowest BCUT2D eigenvalue weighted by molar-refractivity contribution is 0.414. The van der Waals surface area contributed by atoms with E-state index in [1.807, 2.05) is 24.3 Å². The SMILES string of the molecule is COc1ccc([C@@H]2C[C@@H]2c2ccc(C#N)cc2)cc1. The second-order valence-electron chi connectivity index (χ2n) is 4.96. The van der Waals surface area contributed by atoms with Crippen LogP contribution in [0, 0.1) is 11.3 Å². The third-order valence-corrected chi connectivity index (χ3v) is 3.80. The smallest absolute Gasteiger partial charge is 0.118 e. The molecule has 1 aliphatic carbocycles. The first-order chi connectivity index (χ1) is 9.31. The molecule has 2 atom stereocenters. The topological polar surface area (TPSA) is 33.0 Å². The molecule has 94 valence electrons. The Morgan fingerprint density at radius 2 is 1.47 bits per heavy atom. The molecule has 1 aliphatic rings. The Kier molecular flexibility index (Phi) is 2.97. The van der Waals surface area contributed by atoms with Gasteiger partial charge in [-0.15, -0.1) is 0 Å². The third kappa shape index (κ3) is 2.32. The molecule has 0 aliphatic heterocycles. The van der Waals surface area contributed by atoms with Crippen molar-refractivity contribution in [2.24, 2.45) is 0 Å². The summed E-state index contributed by atoms with van der Waals surface area (Å²) in [7, 11) is 1.69. The number of hydrogen-bond donors (Lipinski definition) is 0. The van der Waals surface area contributed by atoms with Crippen LogP contribution in [-0.4, -0.2) is 7.11 Å². The summed E-state index contributed by atoms with van der Waals surface area (Å²) >= 11 is 0. The van der Waals surface area contributed by atoms with E-state index in [2.05, 4.69) is 30.3 Å². The first-order valence-corrected chi connectivity index (χ1v) is 6.46. The van der Waals surface area contributed by atoms with E-state index < -0.39 is 0 Å². The molecule has 1 fully saturated rings. The van der Waals surface area contributed by atoms with Crippen LogP contribution in [0.3, 0.4) is 0 Å². The van der Waals surface area contributed by atoms with Gasteiger partial charge in [0.25, 0.3) is 0 Å². The van der Waals surface area contributed by atoms with Gasteiger partial charge in [-0.05, 0) is 53.6 Å². The predicted octanol–water partition coefficient (Wildman–Crippen LogP) is 3.84. The molecule has 2 nitrogen and oxygen atoms in total. The van der Waals surface area contributed by atoms with Gasteiger partial charge >= 0.3 is 0 Å². The van der Waals surface area contributed by atoms with Gasteiger partial charge in [0.2, 0.25) is 0 Å². The van der Waals surface area contributed by atoms with Gasteiger partial charge in [-0.2, -0.15) is 5.26 Å². The van der Waals surface area contributed by atoms with Crippen molar-refractivity contribution in [3.8, 4) is 11.8 Å². The van der Waals surface area contributed by atoms with E-state index >= 15 is 0 Å². The van der Waals surface area contributed by atoms with Crippen molar-refractivity contribution in [2.45, 2.75) is 18.3 Å². The summed E-state index contributed by atoms with van der Waals surface area (Å²) in [6.45, 7) is 0. The lowest BCUT2D eigenvalue weighted by Crippen LogP contribution is -1.86. The normalized spacial score (nSPS) is 20.6. The summed E-state index contributed by atoms with van der Waals surface area (Å²) in [4.78, 5) is 0. The van der Waals surface area contributed by atoms with Gasteiger partial charge in [0.1, 0.15) is 5.75 Å². The molecule has 2 heteroatoms. The number of nitriles is 1. The minimum absolute atomic E-state index is 0.598. The Hall–Kier alpha value is -2.27. The van der Waals surface area contributed by atoms with Crippen LogP contribution in [0.15, 0.2) is 48.5 Å². The number of rotatable bonds is 3. The molecule has 2 aromatic rings. The molecular weight excluding hydrogens is 234 g/mol. The average Bonchev–Trinajstić information content (AvgIpc) is 3.28. The van der Waals surface area contributed by atoms with E-state index in [1.54, 1.807) is 7.11 Å². The van der Waals surface area contributed by atoms with Crippen LogP contribution < -0.4 is 4.74 Å². The minimum Gasteiger partial charge on any atom is -0.497 e. The van der Waals surface area contributed by atoms with Gasteiger partial charge in [0.15, 0.2) is 0 Å². The van der Waals surface area contributed by atoms with E-state index in [9.17, 15) is 0 Å². The second kappa shape index (κ2) is 4.78. The van der Waals surface area contributed by atoms with Crippen molar-refractivity contribution >= 4 is 0 Å². The molecule has 0 amide bonds. The van der Waals surface area contributed by atoms with Gasteiger partial charge in [-0.3, -0.25) is 0 Å². The molecule has 0 saturated heterocycles. The van der Waals surface area contributed by atoms with Crippen molar-refractivity contribution in [3.05, 3.63) is 65.2 Å². The largest absolute Gasteiger partial charge is 0.497 e. The van der Waals surface area contributed by atoms with Crippen LogP contribution in [0.4, 0.5) is 0 Å². The fraction of sp³-hybridized carbons (Fsp3) is 0.235. The molecule has 19 heavy (non-hydrogen) atoms. The average molecular weight is 249 g/mol. The second-order valence-corrected chi connectivity index (χ2v) is 4.96. The maximum atomic E-state index is 8.80. The van der Waals surface area contributed by atoms with Crippen LogP contribution in [0.2, 0.25) is 0 Å². The van der Waals surface area contributed by atoms with Gasteiger partial charge in [-0.25, -0.2) is 0 Å². The zero-order valence-electron chi connectivity index (χ0n) is 10.8. The monoisotopic (exact) mass is 249 g/mol. The molecule has 0 heterocycles. The summed E-state index contributed by atoms with van der Waals surface area (Å²) in [6.07, 6.45) is 1.19. The highest BCUT2D eigenvalue weighted by molar-refractivity contribution is 5.41. The number of ether oxygens (including phenoxy) is 1. The van der Waals surface area contributed by atoms with Crippen molar-refractivity contribution in [3.63, 3.8) is 0 Å². The Labute approximate surface area is 113 Å². The standard InChI is InChI=1S/C17H15NO/c1-19-15-8-6-14(7-9-15)17-10-16(17)13-4-2-12(11-18)3-5-13/h2-9,16-17H,10H2,1H3/t16-,17+/m1/s1. The fourth-order valence-corrected chi connectivity index (χ4v) is 2.59. The highest BCUT2D eigenvalue weighted by Gasteiger charge is 2.39. The van der Waals surface area contributed by atoms with Gasteiger partial charge in [-0.1, -0.05) is 24.3 Å². The van der Waals surface area contributed by atoms with Crippen LogP contribution >= 0.6 is 0 Å². The van der Waals surface area contributed by atoms with Gasteiger partial charge in [0, 0.05) is 0 Å². The van der Waals surface area contributed by atoms with Crippen LogP contribution in [0.25, 0.3) is 0 Å². The maximum Gasteiger partial charge on any atom is 0.118 e. The minimum atomic E-state index is 0.598. The van der Waals surface area contributed by atoms with Crippen molar-refractivity contribution in [2.75, 3.05) is 7.11 Å². The molecule has 3 rings (SSSR count). The Balaban J connectivity index is 1.74. The number of nitrogens with zero attached hydrogens (tertiary/aromatic N) is 1. The number of benzene rings is 2. The van der Waals surface area contributed by atoms with Crippen LogP contribution in [-0.2, 0) is 0 Å². The molecule has 0 unspecified atom stereocenters. The summed E-state index contributed by atoms with van der Waals surface area (Å²) in [5.41, 5.74) is 3.43. The van der Waals surface area contributed by atoms with Gasteiger partial charge < -0.3 is 4.74 Å². The summed E-state index contributed by atoms with van der Waals surface area (Å²) in [5.74, 6) is 2.11. The molecule has 0 aromatic heterocycles. The zero-order chi connectivity index (χ0) is 13.2. The Morgan fingerprint density at radius 3 is 1.95 bits per heavy atom. The van der Waals surface area contributed by atoms with Crippen LogP contribution in [0.1, 0.15) is 34.9 Å². The quantitative estimate of drug-likeness (QED) is 0.828. The summed E-state index contributed by atoms with van der Waals surface area (Å²) in [6, 6.07) is 18.4. The number of hydrogen-bond acceptors (Lipinski definition) is 2. The first kappa shape index (κ1) is 11.8. The fourth-order valence-electron chi connectivity index (χ4n) is 2.59. The molecule has 0 bridgehead atoms. The first-order valence-electron chi connectivity index (χ1n) is 6.46. The van der Waals surface area contributed by atoms with Crippen molar-refractivity contribution < 1.29 is 4.74 Å². The summed E-state index contributed by atoms with van der Waals surface area (Å²) < 4.78 is 5.18. The van der Waals surface area contributed by atoms with E-state index in [0.717, 1.165) is 11.3 Å². The maximum absolute atomic E-state index is 8.80. The van der Waals surface area contributed by atoms with E-state index in [-0.39, 0.29) is 0 Å². The van der Waals surface area contributed by atoms with Crippen LogP contribution in [0.5, 0.6) is 5.75 Å². The Bertz CT molecular complexity index is 607. The molecule has 1 saturated carbocycles. The lowest BCUT2D eigenvalue weighted by Gasteiger charge is -2.03. The molecule has 0 radical (unpaired) electrons. The highest BCUT2D eigenvalue weighted by atomic mass is 16.5. The van der Waals surface area contributed by atoms with E-state index in [4.69, 9.17) is 10.00 Å². The van der Waals surface area contributed by atoms with E-state index in [1.165, 1.54) is 17.5 Å². The molecule has 2 aromatic carbocycles. The third-order valence-electron chi connectivity index (χ3n) is 3.80. The van der Waals surface area contributed by atoms with Crippen molar-refractivity contribution in [1.82, 2.24) is 0 Å². The number of methoxy groups -OCH3 is 1. The Morgan fingerprint density at radius 1 is 0.947 bits per heavy atom. The van der Waals surface area contributed by atoms with Crippen molar-refractivity contribution in [1.29, 1.82) is 5.26 Å². The predicted molar refractivity (Wildman–Crippen MR) is 74.3 cm³/mol. The van der Waals surface area contributed by atoms with Gasteiger partial charge in [0.05, 0.1) is 18.7 Å². The zero-order valence-corrected chi connectivity index (χ0v) is 10.8. The molecule has 0 spiro atoms.